The lowest BCUT2D eigenvalue weighted by Crippen LogP contribution is -2.22. The van der Waals surface area contributed by atoms with Crippen LogP contribution in [0.2, 0.25) is 0 Å². The summed E-state index contributed by atoms with van der Waals surface area (Å²) in [6.07, 6.45) is 3.11. The lowest BCUT2D eigenvalue weighted by molar-refractivity contribution is -0.385. The van der Waals surface area contributed by atoms with Crippen LogP contribution in [-0.2, 0) is 13.6 Å². The fourth-order valence-corrected chi connectivity index (χ4v) is 2.22. The average molecular weight is 315 g/mol. The molecule has 0 aliphatic carbocycles. The zero-order valence-corrected chi connectivity index (χ0v) is 12.2. The van der Waals surface area contributed by atoms with Crippen LogP contribution in [0, 0.1) is 10.1 Å². The first kappa shape index (κ1) is 14.7. The predicted octanol–water partition coefficient (Wildman–Crippen LogP) is 1.12. The first-order valence-electron chi connectivity index (χ1n) is 6.82. The van der Waals surface area contributed by atoms with Gasteiger partial charge in [-0.1, -0.05) is 12.1 Å². The van der Waals surface area contributed by atoms with Crippen LogP contribution >= 0.6 is 0 Å². The number of para-hydroxylation sites is 2. The number of aromatic nitrogens is 4. The molecule has 118 valence electrons. The number of nitro groups is 1. The molecule has 1 aromatic carbocycles. The third-order valence-electron chi connectivity index (χ3n) is 3.36. The Morgan fingerprint density at radius 1 is 1.26 bits per heavy atom. The van der Waals surface area contributed by atoms with Gasteiger partial charge in [0.1, 0.15) is 12.1 Å². The van der Waals surface area contributed by atoms with Crippen molar-refractivity contribution in [2.24, 2.45) is 7.05 Å². The number of nitrogens with zero attached hydrogens (tertiary/aromatic N) is 5. The van der Waals surface area contributed by atoms with Gasteiger partial charge in [-0.05, 0) is 6.07 Å². The highest BCUT2D eigenvalue weighted by molar-refractivity contribution is 5.76. The molecule has 9 heteroatoms. The molecule has 0 aliphatic heterocycles. The Balaban J connectivity index is 1.79. The first-order chi connectivity index (χ1) is 11.1. The van der Waals surface area contributed by atoms with Crippen LogP contribution < -0.4 is 10.3 Å². The Morgan fingerprint density at radius 2 is 2.00 bits per heavy atom. The van der Waals surface area contributed by atoms with E-state index in [1.54, 1.807) is 31.6 Å². The van der Waals surface area contributed by atoms with E-state index in [2.05, 4.69) is 10.2 Å². The molecule has 0 unspecified atom stereocenters. The van der Waals surface area contributed by atoms with Gasteiger partial charge in [0.05, 0.1) is 23.9 Å². The average Bonchev–Trinajstić information content (AvgIpc) is 2.95. The Morgan fingerprint density at radius 3 is 2.78 bits per heavy atom. The quantitative estimate of drug-likeness (QED) is 0.516. The summed E-state index contributed by atoms with van der Waals surface area (Å²) in [5.74, 6) is 0.184. The molecule has 0 spiro atoms. The van der Waals surface area contributed by atoms with Crippen molar-refractivity contribution in [2.75, 3.05) is 6.61 Å². The van der Waals surface area contributed by atoms with E-state index in [1.165, 1.54) is 21.5 Å². The van der Waals surface area contributed by atoms with Crippen molar-refractivity contribution >= 4 is 16.6 Å². The number of ether oxygens (including phenoxy) is 1. The Kier molecular flexibility index (Phi) is 3.75. The van der Waals surface area contributed by atoms with E-state index in [-0.39, 0.29) is 30.1 Å². The maximum atomic E-state index is 12.1. The molecular weight excluding hydrogens is 302 g/mol. The second-order valence-electron chi connectivity index (χ2n) is 4.82. The van der Waals surface area contributed by atoms with Crippen molar-refractivity contribution in [3.63, 3.8) is 0 Å². The third kappa shape index (κ3) is 2.76. The summed E-state index contributed by atoms with van der Waals surface area (Å²) in [4.78, 5) is 22.5. The normalized spacial score (nSPS) is 10.8. The predicted molar refractivity (Wildman–Crippen MR) is 81.4 cm³/mol. The van der Waals surface area contributed by atoms with Gasteiger partial charge in [-0.25, -0.2) is 4.68 Å². The van der Waals surface area contributed by atoms with Gasteiger partial charge in [0.25, 0.3) is 5.56 Å². The van der Waals surface area contributed by atoms with Gasteiger partial charge in [0.15, 0.2) is 5.75 Å². The van der Waals surface area contributed by atoms with Crippen LogP contribution in [0.3, 0.4) is 0 Å². The molecule has 2 heterocycles. The van der Waals surface area contributed by atoms with Crippen molar-refractivity contribution in [3.05, 3.63) is 57.1 Å². The summed E-state index contributed by atoms with van der Waals surface area (Å²) in [6.45, 7) is 0.432. The van der Waals surface area contributed by atoms with Crippen LogP contribution in [0.15, 0.2) is 41.5 Å². The summed E-state index contributed by atoms with van der Waals surface area (Å²) in [5, 5.41) is 19.6. The lowest BCUT2D eigenvalue weighted by Gasteiger charge is -2.07. The molecule has 3 rings (SSSR count). The number of nitro benzene ring substituents is 1. The van der Waals surface area contributed by atoms with Crippen LogP contribution in [0.25, 0.3) is 10.9 Å². The van der Waals surface area contributed by atoms with Crippen molar-refractivity contribution in [3.8, 4) is 5.75 Å². The second-order valence-corrected chi connectivity index (χ2v) is 4.82. The van der Waals surface area contributed by atoms with E-state index in [1.807, 2.05) is 0 Å². The highest BCUT2D eigenvalue weighted by Gasteiger charge is 2.14. The van der Waals surface area contributed by atoms with Crippen LogP contribution in [0.5, 0.6) is 5.75 Å². The standard InChI is InChI=1S/C14H13N5O4/c1-17-14(20)13-10(8-15-17)9-16-18(13)6-7-23-12-5-3-2-4-11(12)19(21)22/h2-5,8-9H,6-7H2,1H3. The Labute approximate surface area is 129 Å². The topological polar surface area (TPSA) is 105 Å². The SMILES string of the molecule is Cn1ncc2cnn(CCOc3ccccc3[N+](=O)[O-])c2c1=O. The van der Waals surface area contributed by atoms with Crippen LogP contribution in [-0.4, -0.2) is 31.1 Å². The molecule has 0 atom stereocenters. The van der Waals surface area contributed by atoms with Gasteiger partial charge in [-0.2, -0.15) is 10.2 Å². The van der Waals surface area contributed by atoms with E-state index in [0.717, 1.165) is 0 Å². The largest absolute Gasteiger partial charge is 0.485 e. The summed E-state index contributed by atoms with van der Waals surface area (Å²) in [7, 11) is 1.56. The number of hydrogen-bond acceptors (Lipinski definition) is 6. The molecule has 0 saturated heterocycles. The van der Waals surface area contributed by atoms with E-state index in [4.69, 9.17) is 4.74 Å². The van der Waals surface area contributed by atoms with Crippen molar-refractivity contribution < 1.29 is 9.66 Å². The molecule has 0 saturated carbocycles. The number of fused-ring (bicyclic) bond motifs is 1. The minimum atomic E-state index is -0.500. The molecule has 0 N–H and O–H groups in total. The second kappa shape index (κ2) is 5.87. The molecule has 9 nitrogen and oxygen atoms in total. The van der Waals surface area contributed by atoms with Gasteiger partial charge in [0, 0.05) is 18.5 Å². The molecule has 23 heavy (non-hydrogen) atoms. The van der Waals surface area contributed by atoms with E-state index < -0.39 is 4.92 Å². The third-order valence-corrected chi connectivity index (χ3v) is 3.36. The zero-order valence-electron chi connectivity index (χ0n) is 12.2. The van der Waals surface area contributed by atoms with Crippen molar-refractivity contribution in [1.82, 2.24) is 19.6 Å². The molecule has 0 amide bonds. The highest BCUT2D eigenvalue weighted by atomic mass is 16.6. The van der Waals surface area contributed by atoms with Gasteiger partial charge in [0.2, 0.25) is 0 Å². The molecular formula is C14H13N5O4. The molecule has 0 fully saturated rings. The summed E-state index contributed by atoms with van der Waals surface area (Å²) in [6, 6.07) is 6.14. The first-order valence-corrected chi connectivity index (χ1v) is 6.82. The summed E-state index contributed by atoms with van der Waals surface area (Å²) in [5.41, 5.74) is 0.0669. The Bertz CT molecular complexity index is 930. The number of rotatable bonds is 5. The number of hydrogen-bond donors (Lipinski definition) is 0. The monoisotopic (exact) mass is 315 g/mol. The summed E-state index contributed by atoms with van der Waals surface area (Å²) >= 11 is 0. The summed E-state index contributed by atoms with van der Waals surface area (Å²) < 4.78 is 8.20. The Hall–Kier alpha value is -3.23. The lowest BCUT2D eigenvalue weighted by atomic mass is 10.3. The maximum absolute atomic E-state index is 12.1. The van der Waals surface area contributed by atoms with Gasteiger partial charge < -0.3 is 4.74 Å². The maximum Gasteiger partial charge on any atom is 0.310 e. The number of aryl methyl sites for hydroxylation is 1. The van der Waals surface area contributed by atoms with Crippen molar-refractivity contribution in [1.29, 1.82) is 0 Å². The molecule has 3 aromatic rings. The van der Waals surface area contributed by atoms with E-state index in [0.29, 0.717) is 10.9 Å². The van der Waals surface area contributed by atoms with Crippen LogP contribution in [0.4, 0.5) is 5.69 Å². The van der Waals surface area contributed by atoms with Crippen LogP contribution in [0.1, 0.15) is 0 Å². The smallest absolute Gasteiger partial charge is 0.310 e. The van der Waals surface area contributed by atoms with E-state index >= 15 is 0 Å². The molecule has 0 bridgehead atoms. The molecule has 2 aromatic heterocycles. The fraction of sp³-hybridized carbons (Fsp3) is 0.214. The zero-order chi connectivity index (χ0) is 16.4. The minimum absolute atomic E-state index is 0.0991. The van der Waals surface area contributed by atoms with Gasteiger partial charge in [-0.15, -0.1) is 0 Å². The fourth-order valence-electron chi connectivity index (χ4n) is 2.22. The molecule has 0 aliphatic rings. The van der Waals surface area contributed by atoms with Gasteiger partial charge >= 0.3 is 5.69 Å². The minimum Gasteiger partial charge on any atom is -0.485 e. The van der Waals surface area contributed by atoms with Crippen molar-refractivity contribution in [2.45, 2.75) is 6.54 Å². The highest BCUT2D eigenvalue weighted by Crippen LogP contribution is 2.25. The van der Waals surface area contributed by atoms with E-state index in [9.17, 15) is 14.9 Å². The molecule has 0 radical (unpaired) electrons. The van der Waals surface area contributed by atoms with Gasteiger partial charge in [-0.3, -0.25) is 19.6 Å². The number of benzene rings is 1.